The molecule has 0 saturated heterocycles. The van der Waals surface area contributed by atoms with Crippen molar-refractivity contribution < 1.29 is 14.6 Å². The Bertz CT molecular complexity index is 836. The van der Waals surface area contributed by atoms with Crippen LogP contribution in [0.2, 0.25) is 0 Å². The van der Waals surface area contributed by atoms with Crippen LogP contribution < -0.4 is 20.7 Å². The van der Waals surface area contributed by atoms with Crippen molar-refractivity contribution in [1.29, 1.82) is 0 Å². The van der Waals surface area contributed by atoms with Gasteiger partial charge in [0.05, 0.1) is 13.2 Å². The fourth-order valence-electron chi connectivity index (χ4n) is 3.61. The molecule has 0 unspecified atom stereocenters. The van der Waals surface area contributed by atoms with E-state index in [0.29, 0.717) is 35.5 Å². The number of benzene rings is 1. The minimum Gasteiger partial charge on any atom is -0.497 e. The number of aliphatic hydroxyl groups excluding tert-OH is 1. The van der Waals surface area contributed by atoms with E-state index in [1.165, 1.54) is 0 Å². The lowest BCUT2D eigenvalue weighted by atomic mass is 9.87. The van der Waals surface area contributed by atoms with Crippen LogP contribution >= 0.6 is 0 Å². The summed E-state index contributed by atoms with van der Waals surface area (Å²) >= 11 is 0. The predicted octanol–water partition coefficient (Wildman–Crippen LogP) is 3.91. The lowest BCUT2D eigenvalue weighted by Crippen LogP contribution is -2.25. The Balaban J connectivity index is 1.71. The smallest absolute Gasteiger partial charge is 0.260 e. The highest BCUT2D eigenvalue weighted by atomic mass is 16.5. The van der Waals surface area contributed by atoms with Crippen LogP contribution in [0.25, 0.3) is 0 Å². The van der Waals surface area contributed by atoms with Gasteiger partial charge in [-0.25, -0.2) is 4.98 Å². The summed E-state index contributed by atoms with van der Waals surface area (Å²) in [6.07, 6.45) is 7.06. The zero-order valence-corrected chi connectivity index (χ0v) is 18.4. The maximum Gasteiger partial charge on any atom is 0.260 e. The fraction of sp³-hybridized carbons (Fsp3) is 0.522. The third-order valence-corrected chi connectivity index (χ3v) is 5.57. The summed E-state index contributed by atoms with van der Waals surface area (Å²) in [6, 6.07) is 7.17. The van der Waals surface area contributed by atoms with Crippen molar-refractivity contribution in [3.05, 3.63) is 36.0 Å². The van der Waals surface area contributed by atoms with Gasteiger partial charge in [-0.2, -0.15) is 4.98 Å². The molecule has 1 amide bonds. The summed E-state index contributed by atoms with van der Waals surface area (Å²) in [5, 5.41) is 19.2. The molecular weight excluding hydrogens is 394 g/mol. The Morgan fingerprint density at radius 3 is 2.58 bits per heavy atom. The zero-order valence-electron chi connectivity index (χ0n) is 18.4. The van der Waals surface area contributed by atoms with Gasteiger partial charge in [0.15, 0.2) is 0 Å². The number of amides is 1. The minimum absolute atomic E-state index is 0.185. The van der Waals surface area contributed by atoms with Gasteiger partial charge in [0, 0.05) is 25.0 Å². The first-order chi connectivity index (χ1) is 15.1. The SMILES string of the molecule is CCCCNc1ncc(C(=O)Nc2ccc(OC)cc2)c(NCC2CCC(O)CC2)n1. The standard InChI is InChI=1S/C23H33N5O3/c1-3-4-13-24-23-26-15-20(22(30)27-17-7-11-19(31-2)12-8-17)21(28-23)25-14-16-5-9-18(29)10-6-16/h7-8,11-12,15-16,18,29H,3-6,9-10,13-14H2,1-2H3,(H,27,30)(H2,24,25,26,28). The van der Waals surface area contributed by atoms with Crippen LogP contribution in [0.3, 0.4) is 0 Å². The van der Waals surface area contributed by atoms with E-state index in [9.17, 15) is 9.90 Å². The summed E-state index contributed by atoms with van der Waals surface area (Å²) in [6.45, 7) is 3.62. The van der Waals surface area contributed by atoms with Crippen molar-refractivity contribution in [3.63, 3.8) is 0 Å². The first-order valence-electron chi connectivity index (χ1n) is 11.1. The van der Waals surface area contributed by atoms with Gasteiger partial charge < -0.3 is 25.8 Å². The van der Waals surface area contributed by atoms with Crippen LogP contribution in [0.4, 0.5) is 17.5 Å². The third-order valence-electron chi connectivity index (χ3n) is 5.57. The molecule has 0 bridgehead atoms. The molecule has 1 aromatic carbocycles. The van der Waals surface area contributed by atoms with Crippen molar-refractivity contribution in [2.75, 3.05) is 36.1 Å². The van der Waals surface area contributed by atoms with Crippen LogP contribution in [-0.2, 0) is 0 Å². The van der Waals surface area contributed by atoms with Gasteiger partial charge >= 0.3 is 0 Å². The molecule has 1 aromatic heterocycles. The molecular formula is C23H33N5O3. The number of carbonyl (C=O) groups is 1. The van der Waals surface area contributed by atoms with Crippen LogP contribution in [0.15, 0.2) is 30.5 Å². The molecule has 31 heavy (non-hydrogen) atoms. The van der Waals surface area contributed by atoms with Gasteiger partial charge in [-0.3, -0.25) is 4.79 Å². The molecule has 1 heterocycles. The third kappa shape index (κ3) is 6.82. The summed E-state index contributed by atoms with van der Waals surface area (Å²) in [4.78, 5) is 21.8. The largest absolute Gasteiger partial charge is 0.497 e. The van der Waals surface area contributed by atoms with Crippen molar-refractivity contribution in [3.8, 4) is 5.75 Å². The van der Waals surface area contributed by atoms with E-state index >= 15 is 0 Å². The van der Waals surface area contributed by atoms with Gasteiger partial charge in [-0.05, 0) is 62.3 Å². The molecule has 3 rings (SSSR count). The molecule has 1 aliphatic carbocycles. The number of unbranched alkanes of at least 4 members (excludes halogenated alkanes) is 1. The highest BCUT2D eigenvalue weighted by Crippen LogP contribution is 2.25. The van der Waals surface area contributed by atoms with Crippen molar-refractivity contribution in [2.24, 2.45) is 5.92 Å². The van der Waals surface area contributed by atoms with Gasteiger partial charge in [0.2, 0.25) is 5.95 Å². The molecule has 0 atom stereocenters. The average molecular weight is 428 g/mol. The number of carbonyl (C=O) groups excluding carboxylic acids is 1. The zero-order chi connectivity index (χ0) is 22.1. The first-order valence-corrected chi connectivity index (χ1v) is 11.1. The Labute approximate surface area is 183 Å². The number of anilines is 3. The second kappa shape index (κ2) is 11.5. The maximum atomic E-state index is 12.9. The molecule has 0 spiro atoms. The Kier molecular flexibility index (Phi) is 8.46. The van der Waals surface area contributed by atoms with Crippen LogP contribution in [0.1, 0.15) is 55.8 Å². The second-order valence-corrected chi connectivity index (χ2v) is 7.97. The molecule has 8 heteroatoms. The molecule has 0 radical (unpaired) electrons. The van der Waals surface area contributed by atoms with Gasteiger partial charge in [0.25, 0.3) is 5.91 Å². The number of aliphatic hydroxyl groups is 1. The highest BCUT2D eigenvalue weighted by Gasteiger charge is 2.21. The average Bonchev–Trinajstić information content (AvgIpc) is 2.79. The second-order valence-electron chi connectivity index (χ2n) is 7.97. The predicted molar refractivity (Wildman–Crippen MR) is 123 cm³/mol. The molecule has 2 aromatic rings. The van der Waals surface area contributed by atoms with Crippen LogP contribution in [0, 0.1) is 5.92 Å². The molecule has 168 valence electrons. The lowest BCUT2D eigenvalue weighted by molar-refractivity contribution is 0.102. The maximum absolute atomic E-state index is 12.9. The van der Waals surface area contributed by atoms with Gasteiger partial charge in [-0.1, -0.05) is 13.3 Å². The van der Waals surface area contributed by atoms with E-state index in [-0.39, 0.29) is 12.0 Å². The molecule has 0 aliphatic heterocycles. The Morgan fingerprint density at radius 1 is 1.16 bits per heavy atom. The summed E-state index contributed by atoms with van der Waals surface area (Å²) in [5.74, 6) is 1.94. The minimum atomic E-state index is -0.271. The summed E-state index contributed by atoms with van der Waals surface area (Å²) < 4.78 is 5.16. The number of rotatable bonds is 10. The topological polar surface area (TPSA) is 108 Å². The van der Waals surface area contributed by atoms with E-state index in [1.807, 2.05) is 0 Å². The van der Waals surface area contributed by atoms with Gasteiger partial charge in [-0.15, -0.1) is 0 Å². The van der Waals surface area contributed by atoms with Crippen molar-refractivity contribution in [1.82, 2.24) is 9.97 Å². The number of nitrogens with one attached hydrogen (secondary N) is 3. The van der Waals surface area contributed by atoms with E-state index in [4.69, 9.17) is 4.74 Å². The van der Waals surface area contributed by atoms with E-state index in [2.05, 4.69) is 32.8 Å². The van der Waals surface area contributed by atoms with Crippen LogP contribution in [-0.4, -0.2) is 47.3 Å². The number of methoxy groups -OCH3 is 1. The number of ether oxygens (including phenoxy) is 1. The first kappa shape index (κ1) is 22.8. The van der Waals surface area contributed by atoms with Crippen LogP contribution in [0.5, 0.6) is 5.75 Å². The molecule has 1 aliphatic rings. The summed E-state index contributed by atoms with van der Waals surface area (Å²) in [5.41, 5.74) is 1.07. The molecule has 1 fully saturated rings. The lowest BCUT2D eigenvalue weighted by Gasteiger charge is -2.26. The van der Waals surface area contributed by atoms with Gasteiger partial charge in [0.1, 0.15) is 17.1 Å². The number of hydrogen-bond acceptors (Lipinski definition) is 7. The monoisotopic (exact) mass is 427 g/mol. The number of hydrogen-bond donors (Lipinski definition) is 4. The normalized spacial score (nSPS) is 18.3. The highest BCUT2D eigenvalue weighted by molar-refractivity contribution is 6.07. The Morgan fingerprint density at radius 2 is 1.90 bits per heavy atom. The summed E-state index contributed by atoms with van der Waals surface area (Å²) in [7, 11) is 1.60. The van der Waals surface area contributed by atoms with E-state index in [0.717, 1.165) is 50.8 Å². The fourth-order valence-corrected chi connectivity index (χ4v) is 3.61. The molecule has 8 nitrogen and oxygen atoms in total. The van der Waals surface area contributed by atoms with Crippen molar-refractivity contribution in [2.45, 2.75) is 51.6 Å². The molecule has 4 N–H and O–H groups in total. The van der Waals surface area contributed by atoms with Crippen molar-refractivity contribution >= 4 is 23.4 Å². The number of nitrogens with zero attached hydrogens (tertiary/aromatic N) is 2. The molecule has 1 saturated carbocycles. The Hall–Kier alpha value is -2.87. The number of aromatic nitrogens is 2. The van der Waals surface area contributed by atoms with E-state index < -0.39 is 0 Å². The van der Waals surface area contributed by atoms with E-state index in [1.54, 1.807) is 37.6 Å². The quantitative estimate of drug-likeness (QED) is 0.426.